The first kappa shape index (κ1) is 13.1. The zero-order chi connectivity index (χ0) is 13.2. The molecule has 1 atom stereocenters. The number of hydrogen-bond donors (Lipinski definition) is 0. The van der Waals surface area contributed by atoms with Crippen LogP contribution in [0.3, 0.4) is 0 Å². The van der Waals surface area contributed by atoms with E-state index in [0.717, 1.165) is 5.41 Å². The minimum atomic E-state index is -3.13. The fraction of sp³-hybridized carbons (Fsp3) is 0.250. The van der Waals surface area contributed by atoms with Crippen molar-refractivity contribution in [3.63, 3.8) is 0 Å². The van der Waals surface area contributed by atoms with Crippen LogP contribution in [-0.2, 0) is 14.6 Å². The molecule has 0 bridgehead atoms. The van der Waals surface area contributed by atoms with Gasteiger partial charge in [-0.3, -0.25) is 4.79 Å². The van der Waals surface area contributed by atoms with Gasteiger partial charge in [0.2, 0.25) is 0 Å². The molecule has 0 saturated carbocycles. The van der Waals surface area contributed by atoms with Crippen LogP contribution in [0.5, 0.6) is 5.75 Å². The average molecular weight is 287 g/mol. The minimum absolute atomic E-state index is 0.0251. The van der Waals surface area contributed by atoms with Gasteiger partial charge in [0, 0.05) is 16.3 Å². The first-order valence-electron chi connectivity index (χ1n) is 5.32. The van der Waals surface area contributed by atoms with Crippen molar-refractivity contribution in [1.29, 1.82) is 0 Å². The number of sulfone groups is 1. The van der Waals surface area contributed by atoms with Gasteiger partial charge in [0.1, 0.15) is 5.75 Å². The molecule has 96 valence electrons. The van der Waals surface area contributed by atoms with E-state index in [-0.39, 0.29) is 18.1 Å². The Hall–Kier alpha value is -1.33. The average Bonchev–Trinajstić information content (AvgIpc) is 2.61. The molecule has 0 fully saturated rings. The van der Waals surface area contributed by atoms with Gasteiger partial charge in [0.05, 0.1) is 12.2 Å². The van der Waals surface area contributed by atoms with E-state index in [4.69, 9.17) is 16.3 Å². The molecule has 6 heteroatoms. The summed E-state index contributed by atoms with van der Waals surface area (Å²) < 4.78 is 27.4. The minimum Gasteiger partial charge on any atom is -0.427 e. The van der Waals surface area contributed by atoms with Crippen LogP contribution >= 0.6 is 11.6 Å². The Morgan fingerprint density at radius 1 is 1.33 bits per heavy atom. The summed E-state index contributed by atoms with van der Waals surface area (Å²) in [4.78, 5) is 11.6. The Morgan fingerprint density at radius 2 is 2.00 bits per heavy atom. The number of carbonyl (C=O) groups is 1. The highest BCUT2D eigenvalue weighted by Gasteiger charge is 2.24. The normalized spacial score (nSPS) is 20.8. The van der Waals surface area contributed by atoms with Crippen molar-refractivity contribution in [2.24, 2.45) is 5.92 Å². The number of esters is 1. The summed E-state index contributed by atoms with van der Waals surface area (Å²) in [6, 6.07) is 6.40. The number of ether oxygens (including phenoxy) is 1. The molecule has 4 nitrogen and oxygen atoms in total. The van der Waals surface area contributed by atoms with E-state index < -0.39 is 15.8 Å². The molecule has 0 spiro atoms. The first-order valence-corrected chi connectivity index (χ1v) is 7.41. The largest absolute Gasteiger partial charge is 0.427 e. The number of halogens is 1. The predicted octanol–water partition coefficient (Wildman–Crippen LogP) is 2.19. The maximum atomic E-state index is 11.6. The van der Waals surface area contributed by atoms with E-state index in [1.165, 1.54) is 6.08 Å². The predicted molar refractivity (Wildman–Crippen MR) is 68.1 cm³/mol. The third-order valence-electron chi connectivity index (χ3n) is 2.48. The van der Waals surface area contributed by atoms with Crippen molar-refractivity contribution in [3.05, 3.63) is 40.8 Å². The van der Waals surface area contributed by atoms with Gasteiger partial charge in [-0.25, -0.2) is 8.42 Å². The monoisotopic (exact) mass is 286 g/mol. The second-order valence-electron chi connectivity index (χ2n) is 4.05. The van der Waals surface area contributed by atoms with Crippen molar-refractivity contribution >= 4 is 27.4 Å². The number of carbonyl (C=O) groups excluding carboxylic acids is 1. The van der Waals surface area contributed by atoms with Crippen molar-refractivity contribution in [3.8, 4) is 5.75 Å². The van der Waals surface area contributed by atoms with E-state index in [9.17, 15) is 13.2 Å². The van der Waals surface area contributed by atoms with Crippen molar-refractivity contribution in [1.82, 2.24) is 0 Å². The van der Waals surface area contributed by atoms with Gasteiger partial charge >= 0.3 is 5.97 Å². The van der Waals surface area contributed by atoms with Gasteiger partial charge in [0.25, 0.3) is 0 Å². The summed E-state index contributed by atoms with van der Waals surface area (Å²) in [5.41, 5.74) is 0. The maximum absolute atomic E-state index is 11.6. The number of benzene rings is 1. The molecule has 0 radical (unpaired) electrons. The van der Waals surface area contributed by atoms with Crippen molar-refractivity contribution in [2.75, 3.05) is 5.75 Å². The fourth-order valence-corrected chi connectivity index (χ4v) is 3.18. The van der Waals surface area contributed by atoms with Crippen LogP contribution in [0.15, 0.2) is 35.7 Å². The SMILES string of the molecule is O=C(C[C@@H]1C=CS(=O)(=O)C1)Oc1ccc(Cl)cc1. The molecule has 0 unspecified atom stereocenters. The lowest BCUT2D eigenvalue weighted by molar-refractivity contribution is -0.134. The summed E-state index contributed by atoms with van der Waals surface area (Å²) >= 11 is 5.70. The van der Waals surface area contributed by atoms with E-state index in [0.29, 0.717) is 10.8 Å². The lowest BCUT2D eigenvalue weighted by Crippen LogP contribution is -2.15. The van der Waals surface area contributed by atoms with Gasteiger partial charge < -0.3 is 4.74 Å². The van der Waals surface area contributed by atoms with E-state index in [2.05, 4.69) is 0 Å². The second-order valence-corrected chi connectivity index (χ2v) is 6.42. The standard InChI is InChI=1S/C12H11ClO4S/c13-10-1-3-11(4-2-10)17-12(14)7-9-5-6-18(15,16)8-9/h1-6,9H,7-8H2/t9-/m0/s1. The van der Waals surface area contributed by atoms with Crippen molar-refractivity contribution < 1.29 is 17.9 Å². The molecule has 2 rings (SSSR count). The highest BCUT2D eigenvalue weighted by Crippen LogP contribution is 2.20. The fourth-order valence-electron chi connectivity index (χ4n) is 1.66. The highest BCUT2D eigenvalue weighted by atomic mass is 35.5. The van der Waals surface area contributed by atoms with Crippen LogP contribution in [0.4, 0.5) is 0 Å². The molecule has 0 N–H and O–H groups in total. The maximum Gasteiger partial charge on any atom is 0.311 e. The first-order chi connectivity index (χ1) is 8.44. The van der Waals surface area contributed by atoms with Crippen LogP contribution in [0.1, 0.15) is 6.42 Å². The van der Waals surface area contributed by atoms with Crippen LogP contribution in [-0.4, -0.2) is 20.1 Å². The molecule has 0 aliphatic carbocycles. The van der Waals surface area contributed by atoms with E-state index in [1.54, 1.807) is 24.3 Å². The molecular formula is C12H11ClO4S. The Bertz CT molecular complexity index is 575. The molecule has 0 saturated heterocycles. The van der Waals surface area contributed by atoms with E-state index >= 15 is 0 Å². The topological polar surface area (TPSA) is 60.4 Å². The molecule has 18 heavy (non-hydrogen) atoms. The van der Waals surface area contributed by atoms with Gasteiger partial charge in [-0.05, 0) is 24.3 Å². The highest BCUT2D eigenvalue weighted by molar-refractivity contribution is 7.94. The van der Waals surface area contributed by atoms with Crippen molar-refractivity contribution in [2.45, 2.75) is 6.42 Å². The Balaban J connectivity index is 1.90. The molecule has 0 amide bonds. The Morgan fingerprint density at radius 3 is 2.56 bits per heavy atom. The molecule has 0 aromatic heterocycles. The Labute approximate surface area is 110 Å². The second kappa shape index (κ2) is 5.12. The molecule has 1 aliphatic rings. The third-order valence-corrected chi connectivity index (χ3v) is 4.20. The number of rotatable bonds is 3. The summed E-state index contributed by atoms with van der Waals surface area (Å²) in [5, 5.41) is 1.70. The molecule has 1 heterocycles. The molecule has 1 aliphatic heterocycles. The lowest BCUT2D eigenvalue weighted by Gasteiger charge is -2.07. The molecular weight excluding hydrogens is 276 g/mol. The van der Waals surface area contributed by atoms with Crippen LogP contribution in [0.25, 0.3) is 0 Å². The van der Waals surface area contributed by atoms with Gasteiger partial charge in [-0.1, -0.05) is 17.7 Å². The van der Waals surface area contributed by atoms with Gasteiger partial charge in [-0.15, -0.1) is 0 Å². The van der Waals surface area contributed by atoms with Gasteiger partial charge in [-0.2, -0.15) is 0 Å². The number of hydrogen-bond acceptors (Lipinski definition) is 4. The number of allylic oxidation sites excluding steroid dienone is 1. The summed E-state index contributed by atoms with van der Waals surface area (Å²) in [6.07, 6.45) is 1.58. The smallest absolute Gasteiger partial charge is 0.311 e. The van der Waals surface area contributed by atoms with Crippen LogP contribution in [0, 0.1) is 5.92 Å². The summed E-state index contributed by atoms with van der Waals surface area (Å²) in [7, 11) is -3.13. The zero-order valence-electron chi connectivity index (χ0n) is 9.37. The Kier molecular flexibility index (Phi) is 3.73. The van der Waals surface area contributed by atoms with Gasteiger partial charge in [0.15, 0.2) is 9.84 Å². The molecule has 1 aromatic carbocycles. The third kappa shape index (κ3) is 3.58. The van der Waals surface area contributed by atoms with Crippen LogP contribution in [0.2, 0.25) is 5.02 Å². The lowest BCUT2D eigenvalue weighted by atomic mass is 10.1. The van der Waals surface area contributed by atoms with Crippen LogP contribution < -0.4 is 4.74 Å². The zero-order valence-corrected chi connectivity index (χ0v) is 10.9. The molecule has 1 aromatic rings. The quantitative estimate of drug-likeness (QED) is 0.631. The van der Waals surface area contributed by atoms with E-state index in [1.807, 2.05) is 0 Å². The summed E-state index contributed by atoms with van der Waals surface area (Å²) in [6.45, 7) is 0. The summed E-state index contributed by atoms with van der Waals surface area (Å²) in [5.74, 6) is -0.379.